The van der Waals surface area contributed by atoms with E-state index in [0.29, 0.717) is 6.42 Å². The van der Waals surface area contributed by atoms with Crippen LogP contribution in [0.1, 0.15) is 39.5 Å². The molecular formula is C13H24N2O. The average Bonchev–Trinajstić information content (AvgIpc) is 2.22. The van der Waals surface area contributed by atoms with E-state index in [2.05, 4.69) is 20.4 Å². The molecule has 2 N–H and O–H groups in total. The largest absolute Gasteiger partial charge is 0.342 e. The number of nitrogens with two attached hydrogens (primary N) is 1. The van der Waals surface area contributed by atoms with Gasteiger partial charge in [0.15, 0.2) is 0 Å². The van der Waals surface area contributed by atoms with E-state index in [9.17, 15) is 4.79 Å². The monoisotopic (exact) mass is 224 g/mol. The number of allylic oxidation sites excluding steroid dienone is 1. The average molecular weight is 224 g/mol. The topological polar surface area (TPSA) is 46.3 Å². The summed E-state index contributed by atoms with van der Waals surface area (Å²) in [4.78, 5) is 13.9. The highest BCUT2D eigenvalue weighted by Gasteiger charge is 2.34. The van der Waals surface area contributed by atoms with Gasteiger partial charge in [0.05, 0.1) is 0 Å². The molecule has 3 heteroatoms. The standard InChI is InChI=1S/C13H24N2O/c1-4-5-6-7-12(16)15-9-8-11(14)13(2,3)10-15/h4,11H,1,5-10,14H2,2-3H3. The van der Waals surface area contributed by atoms with Crippen LogP contribution in [0.4, 0.5) is 0 Å². The highest BCUT2D eigenvalue weighted by molar-refractivity contribution is 5.76. The van der Waals surface area contributed by atoms with Crippen molar-refractivity contribution >= 4 is 5.91 Å². The Balaban J connectivity index is 2.43. The Kier molecular flexibility index (Phi) is 4.54. The van der Waals surface area contributed by atoms with Crippen molar-refractivity contribution < 1.29 is 4.79 Å². The fraction of sp³-hybridized carbons (Fsp3) is 0.769. The summed E-state index contributed by atoms with van der Waals surface area (Å²) in [5.74, 6) is 0.266. The van der Waals surface area contributed by atoms with E-state index < -0.39 is 0 Å². The Labute approximate surface area is 98.7 Å². The Morgan fingerprint density at radius 1 is 1.62 bits per heavy atom. The van der Waals surface area contributed by atoms with Gasteiger partial charge in [-0.05, 0) is 24.7 Å². The molecule has 0 aromatic carbocycles. The molecule has 0 aromatic heterocycles. The van der Waals surface area contributed by atoms with Gasteiger partial charge in [-0.15, -0.1) is 6.58 Å². The molecule has 16 heavy (non-hydrogen) atoms. The van der Waals surface area contributed by atoms with Crippen molar-refractivity contribution in [2.45, 2.75) is 45.6 Å². The molecule has 0 radical (unpaired) electrons. The molecular weight excluding hydrogens is 200 g/mol. The number of carbonyl (C=O) groups is 1. The van der Waals surface area contributed by atoms with Crippen LogP contribution in [0.2, 0.25) is 0 Å². The van der Waals surface area contributed by atoms with Gasteiger partial charge < -0.3 is 10.6 Å². The van der Waals surface area contributed by atoms with Crippen molar-refractivity contribution in [2.75, 3.05) is 13.1 Å². The molecule has 1 saturated heterocycles. The van der Waals surface area contributed by atoms with Crippen molar-refractivity contribution in [1.82, 2.24) is 4.90 Å². The summed E-state index contributed by atoms with van der Waals surface area (Å²) in [5, 5.41) is 0. The third-order valence-corrected chi connectivity index (χ3v) is 3.46. The molecule has 92 valence electrons. The molecule has 1 heterocycles. The number of piperidine rings is 1. The summed E-state index contributed by atoms with van der Waals surface area (Å²) in [6.07, 6.45) is 5.24. The number of likely N-dealkylation sites (tertiary alicyclic amines) is 1. The van der Waals surface area contributed by atoms with Crippen LogP contribution in [0, 0.1) is 5.41 Å². The Morgan fingerprint density at radius 2 is 2.31 bits per heavy atom. The van der Waals surface area contributed by atoms with Crippen LogP contribution in [-0.2, 0) is 4.79 Å². The fourth-order valence-electron chi connectivity index (χ4n) is 2.14. The molecule has 3 nitrogen and oxygen atoms in total. The molecule has 1 fully saturated rings. The van der Waals surface area contributed by atoms with Gasteiger partial charge >= 0.3 is 0 Å². The van der Waals surface area contributed by atoms with Gasteiger partial charge in [-0.1, -0.05) is 19.9 Å². The van der Waals surface area contributed by atoms with Gasteiger partial charge in [-0.2, -0.15) is 0 Å². The summed E-state index contributed by atoms with van der Waals surface area (Å²) < 4.78 is 0. The van der Waals surface area contributed by atoms with Crippen molar-refractivity contribution in [3.05, 3.63) is 12.7 Å². The summed E-state index contributed by atoms with van der Waals surface area (Å²) in [6.45, 7) is 9.55. The summed E-state index contributed by atoms with van der Waals surface area (Å²) >= 11 is 0. The molecule has 1 aliphatic rings. The van der Waals surface area contributed by atoms with E-state index in [4.69, 9.17) is 5.73 Å². The van der Waals surface area contributed by atoms with E-state index in [-0.39, 0.29) is 17.4 Å². The van der Waals surface area contributed by atoms with E-state index in [1.165, 1.54) is 0 Å². The zero-order chi connectivity index (χ0) is 12.2. The first-order valence-corrected chi connectivity index (χ1v) is 6.11. The fourth-order valence-corrected chi connectivity index (χ4v) is 2.14. The molecule has 0 aliphatic carbocycles. The second kappa shape index (κ2) is 5.48. The van der Waals surface area contributed by atoms with Gasteiger partial charge in [-0.25, -0.2) is 0 Å². The highest BCUT2D eigenvalue weighted by Crippen LogP contribution is 2.28. The van der Waals surface area contributed by atoms with Crippen LogP contribution >= 0.6 is 0 Å². The van der Waals surface area contributed by atoms with Crippen LogP contribution in [0.5, 0.6) is 0 Å². The Morgan fingerprint density at radius 3 is 2.88 bits per heavy atom. The molecule has 1 unspecified atom stereocenters. The number of unbranched alkanes of at least 4 members (excludes halogenated alkanes) is 1. The maximum atomic E-state index is 11.9. The van der Waals surface area contributed by atoms with E-state index in [1.807, 2.05) is 11.0 Å². The van der Waals surface area contributed by atoms with Crippen molar-refractivity contribution in [2.24, 2.45) is 11.1 Å². The molecule has 0 bridgehead atoms. The summed E-state index contributed by atoms with van der Waals surface area (Å²) in [5.41, 5.74) is 6.09. The van der Waals surface area contributed by atoms with Crippen LogP contribution in [-0.4, -0.2) is 29.9 Å². The SMILES string of the molecule is C=CCCCC(=O)N1CCC(N)C(C)(C)C1. The highest BCUT2D eigenvalue weighted by atomic mass is 16.2. The van der Waals surface area contributed by atoms with Gasteiger partial charge in [0.25, 0.3) is 0 Å². The van der Waals surface area contributed by atoms with E-state index >= 15 is 0 Å². The first-order chi connectivity index (χ1) is 7.47. The lowest BCUT2D eigenvalue weighted by atomic mass is 9.79. The van der Waals surface area contributed by atoms with Crippen molar-refractivity contribution in [1.29, 1.82) is 0 Å². The molecule has 0 spiro atoms. The lowest BCUT2D eigenvalue weighted by Crippen LogP contribution is -2.53. The first kappa shape index (κ1) is 13.2. The van der Waals surface area contributed by atoms with Crippen LogP contribution in [0.25, 0.3) is 0 Å². The van der Waals surface area contributed by atoms with E-state index in [0.717, 1.165) is 32.4 Å². The van der Waals surface area contributed by atoms with Gasteiger partial charge in [0, 0.05) is 25.6 Å². The minimum absolute atomic E-state index is 0.0480. The maximum absolute atomic E-state index is 11.9. The maximum Gasteiger partial charge on any atom is 0.222 e. The first-order valence-electron chi connectivity index (χ1n) is 6.11. The van der Waals surface area contributed by atoms with Crippen LogP contribution < -0.4 is 5.73 Å². The molecule has 1 atom stereocenters. The predicted octanol–water partition coefficient (Wildman–Crippen LogP) is 1.93. The second-order valence-corrected chi connectivity index (χ2v) is 5.38. The quantitative estimate of drug-likeness (QED) is 0.586. The van der Waals surface area contributed by atoms with Gasteiger partial charge in [0.1, 0.15) is 0 Å². The number of carbonyl (C=O) groups excluding carboxylic acids is 1. The number of nitrogens with zero attached hydrogens (tertiary/aromatic N) is 1. The third-order valence-electron chi connectivity index (χ3n) is 3.46. The molecule has 1 amide bonds. The summed E-state index contributed by atoms with van der Waals surface area (Å²) in [7, 11) is 0. The minimum Gasteiger partial charge on any atom is -0.342 e. The zero-order valence-electron chi connectivity index (χ0n) is 10.5. The Hall–Kier alpha value is -0.830. The van der Waals surface area contributed by atoms with Gasteiger partial charge in [0.2, 0.25) is 5.91 Å². The van der Waals surface area contributed by atoms with Crippen molar-refractivity contribution in [3.63, 3.8) is 0 Å². The Bertz CT molecular complexity index is 261. The number of amides is 1. The normalized spacial score (nSPS) is 24.2. The molecule has 0 aromatic rings. The lowest BCUT2D eigenvalue weighted by Gasteiger charge is -2.42. The number of hydrogen-bond acceptors (Lipinski definition) is 2. The minimum atomic E-state index is 0.0480. The summed E-state index contributed by atoms with van der Waals surface area (Å²) in [6, 6.07) is 0.213. The molecule has 0 saturated carbocycles. The van der Waals surface area contributed by atoms with E-state index in [1.54, 1.807) is 0 Å². The second-order valence-electron chi connectivity index (χ2n) is 5.38. The van der Waals surface area contributed by atoms with Crippen LogP contribution in [0.15, 0.2) is 12.7 Å². The molecule has 1 aliphatic heterocycles. The zero-order valence-corrected chi connectivity index (χ0v) is 10.5. The predicted molar refractivity (Wildman–Crippen MR) is 67.0 cm³/mol. The van der Waals surface area contributed by atoms with Gasteiger partial charge in [-0.3, -0.25) is 4.79 Å². The van der Waals surface area contributed by atoms with Crippen LogP contribution in [0.3, 0.4) is 0 Å². The third kappa shape index (κ3) is 3.34. The number of hydrogen-bond donors (Lipinski definition) is 1. The molecule has 1 rings (SSSR count). The smallest absolute Gasteiger partial charge is 0.222 e. The lowest BCUT2D eigenvalue weighted by molar-refractivity contribution is -0.134. The van der Waals surface area contributed by atoms with Crippen molar-refractivity contribution in [3.8, 4) is 0 Å². The number of rotatable bonds is 4.